The van der Waals surface area contributed by atoms with Crippen LogP contribution in [0.4, 0.5) is 5.69 Å². The standard InChI is InChI=1S/C16H20N4O4/c1-23-14-5-4-13(8-15(14)24-2)20-16(22)12(9-17)10-18-6-3-7-19-11-21/h4-5,8,10-11,18H,3,6-7H2,1-2H3,(H,19,21)(H,20,22)/b12-10-. The number of amides is 2. The highest BCUT2D eigenvalue weighted by Gasteiger charge is 2.11. The molecule has 8 heteroatoms. The number of carbonyl (C=O) groups is 2. The predicted octanol–water partition coefficient (Wildman–Crippen LogP) is 0.775. The van der Waals surface area contributed by atoms with Crippen molar-refractivity contribution in [1.82, 2.24) is 10.6 Å². The Bertz CT molecular complexity index is 637. The predicted molar refractivity (Wildman–Crippen MR) is 88.6 cm³/mol. The summed E-state index contributed by atoms with van der Waals surface area (Å²) in [6.45, 7) is 1.04. The van der Waals surface area contributed by atoms with E-state index in [0.717, 1.165) is 0 Å². The van der Waals surface area contributed by atoms with Gasteiger partial charge in [0.2, 0.25) is 6.41 Å². The Kier molecular flexibility index (Phi) is 8.25. The monoisotopic (exact) mass is 332 g/mol. The van der Waals surface area contributed by atoms with E-state index in [1.54, 1.807) is 18.2 Å². The maximum atomic E-state index is 12.1. The lowest BCUT2D eigenvalue weighted by atomic mass is 10.2. The summed E-state index contributed by atoms with van der Waals surface area (Å²) in [6, 6.07) is 6.74. The Balaban J connectivity index is 2.64. The highest BCUT2D eigenvalue weighted by molar-refractivity contribution is 6.06. The summed E-state index contributed by atoms with van der Waals surface area (Å²) in [5.74, 6) is 0.471. The first-order valence-electron chi connectivity index (χ1n) is 7.20. The summed E-state index contributed by atoms with van der Waals surface area (Å²) < 4.78 is 10.3. The van der Waals surface area contributed by atoms with Gasteiger partial charge in [-0.05, 0) is 18.6 Å². The Labute approximate surface area is 140 Å². The second-order valence-corrected chi connectivity index (χ2v) is 4.57. The van der Waals surface area contributed by atoms with E-state index in [0.29, 0.717) is 43.1 Å². The van der Waals surface area contributed by atoms with Gasteiger partial charge < -0.3 is 25.4 Å². The summed E-state index contributed by atoms with van der Waals surface area (Å²) in [4.78, 5) is 22.2. The fourth-order valence-electron chi connectivity index (χ4n) is 1.79. The molecule has 24 heavy (non-hydrogen) atoms. The van der Waals surface area contributed by atoms with Crippen LogP contribution in [0.15, 0.2) is 30.0 Å². The van der Waals surface area contributed by atoms with Crippen LogP contribution in [0.25, 0.3) is 0 Å². The van der Waals surface area contributed by atoms with Crippen molar-refractivity contribution in [3.63, 3.8) is 0 Å². The topological polar surface area (TPSA) is 112 Å². The molecule has 0 aliphatic carbocycles. The van der Waals surface area contributed by atoms with E-state index in [4.69, 9.17) is 14.7 Å². The lowest BCUT2D eigenvalue weighted by Gasteiger charge is -2.10. The zero-order chi connectivity index (χ0) is 17.8. The van der Waals surface area contributed by atoms with Crippen molar-refractivity contribution in [1.29, 1.82) is 5.26 Å². The summed E-state index contributed by atoms with van der Waals surface area (Å²) in [6.07, 6.45) is 2.63. The first kappa shape index (κ1) is 18.8. The molecule has 0 aliphatic rings. The minimum absolute atomic E-state index is 0.0619. The maximum absolute atomic E-state index is 12.1. The molecular weight excluding hydrogens is 312 g/mol. The van der Waals surface area contributed by atoms with Gasteiger partial charge in [-0.15, -0.1) is 0 Å². The molecule has 0 spiro atoms. The molecule has 0 bridgehead atoms. The smallest absolute Gasteiger partial charge is 0.267 e. The van der Waals surface area contributed by atoms with Crippen LogP contribution in [0, 0.1) is 11.3 Å². The third kappa shape index (κ3) is 5.88. The molecule has 3 N–H and O–H groups in total. The number of ether oxygens (including phenoxy) is 2. The van der Waals surface area contributed by atoms with Crippen molar-refractivity contribution in [2.45, 2.75) is 6.42 Å². The van der Waals surface area contributed by atoms with E-state index in [9.17, 15) is 9.59 Å². The maximum Gasteiger partial charge on any atom is 0.267 e. The van der Waals surface area contributed by atoms with Gasteiger partial charge in [0.05, 0.1) is 14.2 Å². The zero-order valence-electron chi connectivity index (χ0n) is 13.6. The quantitative estimate of drug-likeness (QED) is 0.252. The van der Waals surface area contributed by atoms with E-state index in [-0.39, 0.29) is 5.57 Å². The number of methoxy groups -OCH3 is 2. The Morgan fingerprint density at radius 1 is 1.21 bits per heavy atom. The van der Waals surface area contributed by atoms with Gasteiger partial charge in [0.1, 0.15) is 11.6 Å². The van der Waals surface area contributed by atoms with Crippen molar-refractivity contribution >= 4 is 18.0 Å². The van der Waals surface area contributed by atoms with Gasteiger partial charge in [-0.3, -0.25) is 9.59 Å². The van der Waals surface area contributed by atoms with Crippen molar-refractivity contribution in [3.8, 4) is 17.6 Å². The average Bonchev–Trinajstić information content (AvgIpc) is 2.60. The summed E-state index contributed by atoms with van der Waals surface area (Å²) in [5.41, 5.74) is 0.419. The van der Waals surface area contributed by atoms with Crippen molar-refractivity contribution in [2.75, 3.05) is 32.6 Å². The van der Waals surface area contributed by atoms with E-state index in [1.165, 1.54) is 20.4 Å². The molecule has 0 radical (unpaired) electrons. The molecule has 0 unspecified atom stereocenters. The molecule has 128 valence electrons. The second-order valence-electron chi connectivity index (χ2n) is 4.57. The average molecular weight is 332 g/mol. The van der Waals surface area contributed by atoms with Crippen LogP contribution < -0.4 is 25.4 Å². The Morgan fingerprint density at radius 2 is 1.92 bits per heavy atom. The number of carbonyl (C=O) groups excluding carboxylic acids is 2. The van der Waals surface area contributed by atoms with E-state index in [1.807, 2.05) is 6.07 Å². The number of nitrogens with zero attached hydrogens (tertiary/aromatic N) is 1. The number of anilines is 1. The molecule has 0 fully saturated rings. The summed E-state index contributed by atoms with van der Waals surface area (Å²) in [5, 5.41) is 17.1. The minimum atomic E-state index is -0.539. The van der Waals surface area contributed by atoms with Crippen LogP contribution in [0.2, 0.25) is 0 Å². The number of nitriles is 1. The first-order chi connectivity index (χ1) is 11.7. The van der Waals surface area contributed by atoms with Crippen LogP contribution in [-0.2, 0) is 9.59 Å². The minimum Gasteiger partial charge on any atom is -0.493 e. The number of rotatable bonds is 10. The Hall–Kier alpha value is -3.21. The highest BCUT2D eigenvalue weighted by atomic mass is 16.5. The third-order valence-corrected chi connectivity index (χ3v) is 2.98. The van der Waals surface area contributed by atoms with Gasteiger partial charge in [-0.2, -0.15) is 5.26 Å². The lowest BCUT2D eigenvalue weighted by Crippen LogP contribution is -2.20. The van der Waals surface area contributed by atoms with E-state index >= 15 is 0 Å². The van der Waals surface area contributed by atoms with Crippen molar-refractivity contribution < 1.29 is 19.1 Å². The fourth-order valence-corrected chi connectivity index (χ4v) is 1.79. The van der Waals surface area contributed by atoms with Crippen LogP contribution in [-0.4, -0.2) is 39.6 Å². The van der Waals surface area contributed by atoms with E-state index in [2.05, 4.69) is 16.0 Å². The fraction of sp³-hybridized carbons (Fsp3) is 0.312. The molecule has 2 amide bonds. The first-order valence-corrected chi connectivity index (χ1v) is 7.20. The lowest BCUT2D eigenvalue weighted by molar-refractivity contribution is -0.112. The number of nitrogens with one attached hydrogen (secondary N) is 3. The molecule has 8 nitrogen and oxygen atoms in total. The molecule has 0 atom stereocenters. The van der Waals surface area contributed by atoms with Crippen LogP contribution in [0.3, 0.4) is 0 Å². The van der Waals surface area contributed by atoms with Crippen molar-refractivity contribution in [2.24, 2.45) is 0 Å². The number of hydrogen-bond donors (Lipinski definition) is 3. The van der Waals surface area contributed by atoms with E-state index < -0.39 is 5.91 Å². The molecule has 0 heterocycles. The van der Waals surface area contributed by atoms with Gasteiger partial charge in [0, 0.05) is 31.0 Å². The van der Waals surface area contributed by atoms with Crippen LogP contribution >= 0.6 is 0 Å². The SMILES string of the molecule is COc1ccc(NC(=O)/C(C#N)=C\NCCCNC=O)cc1OC. The molecule has 1 aromatic carbocycles. The third-order valence-electron chi connectivity index (χ3n) is 2.98. The van der Waals surface area contributed by atoms with Gasteiger partial charge in [0.15, 0.2) is 11.5 Å². The van der Waals surface area contributed by atoms with Crippen LogP contribution in [0.1, 0.15) is 6.42 Å². The molecule has 1 rings (SSSR count). The van der Waals surface area contributed by atoms with Crippen LogP contribution in [0.5, 0.6) is 11.5 Å². The van der Waals surface area contributed by atoms with Gasteiger partial charge >= 0.3 is 0 Å². The van der Waals surface area contributed by atoms with Crippen molar-refractivity contribution in [3.05, 3.63) is 30.0 Å². The normalized spacial score (nSPS) is 10.3. The Morgan fingerprint density at radius 3 is 2.54 bits per heavy atom. The summed E-state index contributed by atoms with van der Waals surface area (Å²) in [7, 11) is 3.01. The second kappa shape index (κ2) is 10.5. The molecule has 0 saturated carbocycles. The summed E-state index contributed by atoms with van der Waals surface area (Å²) >= 11 is 0. The van der Waals surface area contributed by atoms with Gasteiger partial charge in [-0.25, -0.2) is 0 Å². The molecule has 0 aromatic heterocycles. The molecular formula is C16H20N4O4. The largest absolute Gasteiger partial charge is 0.493 e. The number of benzene rings is 1. The van der Waals surface area contributed by atoms with Gasteiger partial charge in [0.25, 0.3) is 5.91 Å². The number of hydrogen-bond acceptors (Lipinski definition) is 6. The van der Waals surface area contributed by atoms with Gasteiger partial charge in [-0.1, -0.05) is 0 Å². The highest BCUT2D eigenvalue weighted by Crippen LogP contribution is 2.29. The zero-order valence-corrected chi connectivity index (χ0v) is 13.6. The molecule has 0 saturated heterocycles. The molecule has 0 aliphatic heterocycles. The molecule has 1 aromatic rings.